The molecule has 1 fully saturated rings. The van der Waals surface area contributed by atoms with Gasteiger partial charge in [-0.15, -0.1) is 0 Å². The van der Waals surface area contributed by atoms with Crippen molar-refractivity contribution in [3.63, 3.8) is 0 Å². The molecule has 1 aromatic heterocycles. The van der Waals surface area contributed by atoms with E-state index in [2.05, 4.69) is 0 Å². The van der Waals surface area contributed by atoms with E-state index in [9.17, 15) is 22.4 Å². The predicted octanol–water partition coefficient (Wildman–Crippen LogP) is 5.57. The molecule has 0 N–H and O–H groups in total. The number of esters is 1. The van der Waals surface area contributed by atoms with Crippen molar-refractivity contribution in [2.45, 2.75) is 65.0 Å². The minimum absolute atomic E-state index is 0.000595. The van der Waals surface area contributed by atoms with Gasteiger partial charge in [-0.2, -0.15) is 13.2 Å². The van der Waals surface area contributed by atoms with E-state index in [1.54, 1.807) is 13.0 Å². The lowest BCUT2D eigenvalue weighted by atomic mass is 9.77. The van der Waals surface area contributed by atoms with Gasteiger partial charge < -0.3 is 23.2 Å². The average Bonchev–Trinajstić information content (AvgIpc) is 3.30. The number of hydrogen-bond donors (Lipinski definition) is 0. The minimum atomic E-state index is -4.65. The molecular weight excluding hydrogens is 495 g/mol. The number of alkyl halides is 3. The summed E-state index contributed by atoms with van der Waals surface area (Å²) in [5.74, 6) is -0.921. The Morgan fingerprint density at radius 3 is 2.35 bits per heavy atom. The molecule has 0 radical (unpaired) electrons. The van der Waals surface area contributed by atoms with Crippen molar-refractivity contribution >= 4 is 29.5 Å². The first-order chi connectivity index (χ1) is 17.2. The predicted molar refractivity (Wildman–Crippen MR) is 128 cm³/mol. The number of hydrogen-bond acceptors (Lipinski definition) is 6. The zero-order chi connectivity index (χ0) is 27.2. The topological polar surface area (TPSA) is 67.1 Å². The van der Waals surface area contributed by atoms with E-state index in [0.717, 1.165) is 6.07 Å². The van der Waals surface area contributed by atoms with E-state index in [0.29, 0.717) is 11.8 Å². The first-order valence-electron chi connectivity index (χ1n) is 11.8. The van der Waals surface area contributed by atoms with Crippen molar-refractivity contribution < 1.29 is 45.6 Å². The molecular formula is C26H27BF4O6. The summed E-state index contributed by atoms with van der Waals surface area (Å²) in [7, 11) is -0.982. The van der Waals surface area contributed by atoms with Crippen LogP contribution in [-0.2, 0) is 38.0 Å². The molecule has 3 aromatic rings. The highest BCUT2D eigenvalue weighted by molar-refractivity contribution is 6.64. The Balaban J connectivity index is 1.71. The second kappa shape index (κ2) is 9.68. The Bertz CT molecular complexity index is 1300. The average molecular weight is 522 g/mol. The zero-order valence-electron chi connectivity index (χ0n) is 21.1. The summed E-state index contributed by atoms with van der Waals surface area (Å²) >= 11 is 0. The van der Waals surface area contributed by atoms with Gasteiger partial charge in [-0.25, -0.2) is 4.39 Å². The molecule has 0 saturated carbocycles. The molecule has 1 aliphatic rings. The first kappa shape index (κ1) is 27.0. The van der Waals surface area contributed by atoms with Gasteiger partial charge >= 0.3 is 19.3 Å². The molecule has 0 aliphatic carbocycles. The van der Waals surface area contributed by atoms with Crippen molar-refractivity contribution in [1.29, 1.82) is 0 Å². The largest absolute Gasteiger partial charge is 0.498 e. The summed E-state index contributed by atoms with van der Waals surface area (Å²) in [6.45, 7) is 8.98. The third kappa shape index (κ3) is 5.47. The van der Waals surface area contributed by atoms with Gasteiger partial charge in [-0.05, 0) is 64.4 Å². The van der Waals surface area contributed by atoms with Crippen LogP contribution in [0, 0.1) is 5.82 Å². The van der Waals surface area contributed by atoms with Gasteiger partial charge in [-0.1, -0.05) is 6.07 Å². The number of halogens is 4. The molecule has 2 heterocycles. The van der Waals surface area contributed by atoms with Crippen LogP contribution in [0.5, 0.6) is 5.75 Å². The van der Waals surface area contributed by atoms with E-state index in [1.807, 2.05) is 27.7 Å². The third-order valence-corrected chi connectivity index (χ3v) is 6.63. The van der Waals surface area contributed by atoms with Gasteiger partial charge in [0.05, 0.1) is 24.2 Å². The molecule has 0 unspecified atom stereocenters. The Morgan fingerprint density at radius 2 is 1.73 bits per heavy atom. The van der Waals surface area contributed by atoms with Gasteiger partial charge in [0, 0.05) is 16.4 Å². The summed E-state index contributed by atoms with van der Waals surface area (Å²) < 4.78 is 83.3. The lowest BCUT2D eigenvalue weighted by Gasteiger charge is -2.32. The van der Waals surface area contributed by atoms with Crippen LogP contribution in [0.4, 0.5) is 17.6 Å². The minimum Gasteiger partial charge on any atom is -0.489 e. The molecule has 1 aliphatic heterocycles. The molecule has 0 amide bonds. The molecule has 4 rings (SSSR count). The number of carbonyl (C=O) groups excluding carboxylic acids is 1. The molecule has 6 nitrogen and oxygen atoms in total. The number of fused-ring (bicyclic) bond motifs is 1. The van der Waals surface area contributed by atoms with Crippen molar-refractivity contribution in [3.05, 3.63) is 59.1 Å². The fourth-order valence-electron chi connectivity index (χ4n) is 4.03. The number of carbonyl (C=O) groups is 1. The van der Waals surface area contributed by atoms with Crippen LogP contribution in [0.2, 0.25) is 0 Å². The maximum atomic E-state index is 13.8. The Labute approximate surface area is 212 Å². The standard InChI is InChI=1S/C26H27BF4O6/c1-6-33-22(32)12-16-11-17(28)7-8-21(16)34-13-15-9-18-19(26(29,30)31)14-35-23(18)20(10-15)27-36-24(2,3)25(4,5)37-27/h7-11,14H,6,12-13H2,1-5H3. The molecule has 0 bridgehead atoms. The van der Waals surface area contributed by atoms with E-state index >= 15 is 0 Å². The molecule has 198 valence electrons. The smallest absolute Gasteiger partial charge is 0.489 e. The first-order valence-corrected chi connectivity index (χ1v) is 11.8. The van der Waals surface area contributed by atoms with Gasteiger partial charge in [0.15, 0.2) is 0 Å². The number of furan rings is 1. The van der Waals surface area contributed by atoms with Crippen LogP contribution in [0.15, 0.2) is 41.0 Å². The molecule has 37 heavy (non-hydrogen) atoms. The molecule has 0 spiro atoms. The summed E-state index contributed by atoms with van der Waals surface area (Å²) in [6, 6.07) is 6.61. The zero-order valence-corrected chi connectivity index (χ0v) is 21.1. The Kier molecular flexibility index (Phi) is 7.07. The SMILES string of the molecule is CCOC(=O)Cc1cc(F)ccc1OCc1cc(B2OC(C)(C)C(C)(C)O2)c2occ(C(F)(F)F)c2c1. The second-order valence-electron chi connectivity index (χ2n) is 9.82. The van der Waals surface area contributed by atoms with E-state index < -0.39 is 41.8 Å². The van der Waals surface area contributed by atoms with Crippen LogP contribution in [0.25, 0.3) is 11.0 Å². The third-order valence-electron chi connectivity index (χ3n) is 6.63. The Morgan fingerprint density at radius 1 is 1.05 bits per heavy atom. The Hall–Kier alpha value is -3.05. The van der Waals surface area contributed by atoms with Crippen LogP contribution >= 0.6 is 0 Å². The number of ether oxygens (including phenoxy) is 2. The monoisotopic (exact) mass is 522 g/mol. The fraction of sp³-hybridized carbons (Fsp3) is 0.423. The van der Waals surface area contributed by atoms with Gasteiger partial charge in [0.25, 0.3) is 0 Å². The van der Waals surface area contributed by atoms with Gasteiger partial charge in [0.1, 0.15) is 35.6 Å². The van der Waals surface area contributed by atoms with Crippen LogP contribution in [0.1, 0.15) is 51.3 Å². The maximum absolute atomic E-state index is 13.8. The van der Waals surface area contributed by atoms with Crippen LogP contribution in [0.3, 0.4) is 0 Å². The molecule has 2 aromatic carbocycles. The lowest BCUT2D eigenvalue weighted by molar-refractivity contribution is -0.142. The highest BCUT2D eigenvalue weighted by Crippen LogP contribution is 2.39. The number of benzene rings is 2. The highest BCUT2D eigenvalue weighted by atomic mass is 19.4. The van der Waals surface area contributed by atoms with E-state index in [1.165, 1.54) is 18.2 Å². The van der Waals surface area contributed by atoms with Gasteiger partial charge in [-0.3, -0.25) is 4.79 Å². The van der Waals surface area contributed by atoms with E-state index in [4.69, 9.17) is 23.2 Å². The van der Waals surface area contributed by atoms with Gasteiger partial charge in [0.2, 0.25) is 0 Å². The lowest BCUT2D eigenvalue weighted by Crippen LogP contribution is -2.41. The summed E-state index contributed by atoms with van der Waals surface area (Å²) in [6.07, 6.45) is -4.21. The molecule has 1 saturated heterocycles. The quantitative estimate of drug-likeness (QED) is 0.230. The fourth-order valence-corrected chi connectivity index (χ4v) is 4.03. The van der Waals surface area contributed by atoms with Crippen molar-refractivity contribution in [2.24, 2.45) is 0 Å². The van der Waals surface area contributed by atoms with Crippen molar-refractivity contribution in [2.75, 3.05) is 6.61 Å². The van der Waals surface area contributed by atoms with Crippen molar-refractivity contribution in [1.82, 2.24) is 0 Å². The summed E-state index contributed by atoms with van der Waals surface area (Å²) in [5.41, 5.74) is -1.49. The summed E-state index contributed by atoms with van der Waals surface area (Å²) in [5, 5.41) is -0.163. The van der Waals surface area contributed by atoms with E-state index in [-0.39, 0.29) is 47.4 Å². The van der Waals surface area contributed by atoms with Crippen molar-refractivity contribution in [3.8, 4) is 5.75 Å². The maximum Gasteiger partial charge on any atom is 0.498 e. The summed E-state index contributed by atoms with van der Waals surface area (Å²) in [4.78, 5) is 12.0. The molecule has 0 atom stereocenters. The second-order valence-corrected chi connectivity index (χ2v) is 9.82. The van der Waals surface area contributed by atoms with Crippen LogP contribution < -0.4 is 10.2 Å². The molecule has 11 heteroatoms. The highest BCUT2D eigenvalue weighted by Gasteiger charge is 2.52. The number of rotatable bonds is 7. The normalized spacial score (nSPS) is 16.8. The van der Waals surface area contributed by atoms with Crippen LogP contribution in [-0.4, -0.2) is 30.9 Å².